The van der Waals surface area contributed by atoms with E-state index in [0.717, 1.165) is 39.0 Å². The average Bonchev–Trinajstić information content (AvgIpc) is 3.18. The number of hydrogen-bond donors (Lipinski definition) is 1. The third-order valence-corrected chi connectivity index (χ3v) is 4.48. The van der Waals surface area contributed by atoms with Crippen molar-refractivity contribution in [3.63, 3.8) is 0 Å². The van der Waals surface area contributed by atoms with Gasteiger partial charge in [0, 0.05) is 42.7 Å². The maximum Gasteiger partial charge on any atom is 0.0644 e. The fourth-order valence-electron chi connectivity index (χ4n) is 3.28. The molecule has 1 fully saturated rings. The van der Waals surface area contributed by atoms with Crippen molar-refractivity contribution in [3.05, 3.63) is 35.9 Å². The van der Waals surface area contributed by atoms with Crippen LogP contribution in [-0.4, -0.2) is 49.3 Å². The van der Waals surface area contributed by atoms with Crippen LogP contribution in [0.4, 0.5) is 0 Å². The van der Waals surface area contributed by atoms with E-state index in [1.165, 1.54) is 11.3 Å². The Bertz CT molecular complexity index is 583. The minimum Gasteiger partial charge on any atom is -0.394 e. The molecule has 1 aliphatic heterocycles. The predicted octanol–water partition coefficient (Wildman–Crippen LogP) is 1.47. The van der Waals surface area contributed by atoms with Crippen LogP contribution in [-0.2, 0) is 19.6 Å². The van der Waals surface area contributed by atoms with Crippen LogP contribution in [0, 0.1) is 0 Å². The highest BCUT2D eigenvalue weighted by Gasteiger charge is 2.23. The molecule has 0 spiro atoms. The Kier molecular flexibility index (Phi) is 4.90. The van der Waals surface area contributed by atoms with Crippen molar-refractivity contribution in [2.24, 2.45) is 0 Å². The van der Waals surface area contributed by atoms with Gasteiger partial charge < -0.3 is 5.11 Å². The Morgan fingerprint density at radius 2 is 2.09 bits per heavy atom. The minimum absolute atomic E-state index is 0.148. The van der Waals surface area contributed by atoms with E-state index in [9.17, 15) is 0 Å². The third-order valence-electron chi connectivity index (χ3n) is 4.48. The SMILES string of the molecule is CCn1cc(CN2CCC(c3ccnn3CCO)CC2)cn1. The average molecular weight is 303 g/mol. The Labute approximate surface area is 131 Å². The van der Waals surface area contributed by atoms with E-state index in [2.05, 4.69) is 34.3 Å². The van der Waals surface area contributed by atoms with Crippen LogP contribution >= 0.6 is 0 Å². The first kappa shape index (κ1) is 15.2. The van der Waals surface area contributed by atoms with Gasteiger partial charge in [-0.15, -0.1) is 0 Å². The normalized spacial score (nSPS) is 17.2. The molecule has 1 aliphatic rings. The number of aliphatic hydroxyl groups excluding tert-OH is 1. The van der Waals surface area contributed by atoms with E-state index >= 15 is 0 Å². The number of aliphatic hydroxyl groups is 1. The van der Waals surface area contributed by atoms with Crippen LogP contribution in [0.2, 0.25) is 0 Å². The number of likely N-dealkylation sites (tertiary alicyclic amines) is 1. The molecule has 0 saturated carbocycles. The first-order valence-electron chi connectivity index (χ1n) is 8.16. The van der Waals surface area contributed by atoms with Gasteiger partial charge in [0.2, 0.25) is 0 Å². The molecule has 0 amide bonds. The van der Waals surface area contributed by atoms with E-state index in [0.29, 0.717) is 12.5 Å². The number of rotatable bonds is 6. The highest BCUT2D eigenvalue weighted by Crippen LogP contribution is 2.28. The van der Waals surface area contributed by atoms with Crippen molar-refractivity contribution in [1.29, 1.82) is 0 Å². The van der Waals surface area contributed by atoms with Gasteiger partial charge in [0.1, 0.15) is 0 Å². The number of aromatic nitrogens is 4. The lowest BCUT2D eigenvalue weighted by Gasteiger charge is -2.31. The van der Waals surface area contributed by atoms with Crippen molar-refractivity contribution in [2.75, 3.05) is 19.7 Å². The molecule has 0 aliphatic carbocycles. The fraction of sp³-hybridized carbons (Fsp3) is 0.625. The molecular formula is C16H25N5O. The van der Waals surface area contributed by atoms with Crippen LogP contribution in [0.1, 0.15) is 36.9 Å². The zero-order chi connectivity index (χ0) is 15.4. The molecule has 0 unspecified atom stereocenters. The second-order valence-corrected chi connectivity index (χ2v) is 5.96. The van der Waals surface area contributed by atoms with Crippen molar-refractivity contribution in [2.45, 2.75) is 45.3 Å². The number of nitrogens with zero attached hydrogens (tertiary/aromatic N) is 5. The van der Waals surface area contributed by atoms with E-state index in [-0.39, 0.29) is 6.61 Å². The third kappa shape index (κ3) is 3.39. The fourth-order valence-corrected chi connectivity index (χ4v) is 3.28. The van der Waals surface area contributed by atoms with Crippen LogP contribution in [0.15, 0.2) is 24.7 Å². The van der Waals surface area contributed by atoms with Gasteiger partial charge in [0.05, 0.1) is 19.3 Å². The van der Waals surface area contributed by atoms with Gasteiger partial charge in [-0.05, 0) is 38.9 Å². The molecule has 0 aromatic carbocycles. The Morgan fingerprint density at radius 1 is 1.27 bits per heavy atom. The lowest BCUT2D eigenvalue weighted by molar-refractivity contribution is 0.199. The van der Waals surface area contributed by atoms with E-state index in [1.807, 2.05) is 21.8 Å². The summed E-state index contributed by atoms with van der Waals surface area (Å²) in [6.07, 6.45) is 8.27. The molecule has 3 heterocycles. The van der Waals surface area contributed by atoms with Crippen LogP contribution in [0.3, 0.4) is 0 Å². The van der Waals surface area contributed by atoms with Gasteiger partial charge in [-0.3, -0.25) is 14.3 Å². The van der Waals surface area contributed by atoms with Gasteiger partial charge in [0.15, 0.2) is 0 Å². The van der Waals surface area contributed by atoms with Crippen molar-refractivity contribution in [1.82, 2.24) is 24.5 Å². The Balaban J connectivity index is 1.54. The number of piperidine rings is 1. The highest BCUT2D eigenvalue weighted by molar-refractivity contribution is 5.10. The van der Waals surface area contributed by atoms with Crippen LogP contribution in [0.25, 0.3) is 0 Å². The maximum atomic E-state index is 9.11. The summed E-state index contributed by atoms with van der Waals surface area (Å²) < 4.78 is 3.93. The molecule has 0 bridgehead atoms. The highest BCUT2D eigenvalue weighted by atomic mass is 16.3. The summed E-state index contributed by atoms with van der Waals surface area (Å²) in [6, 6.07) is 2.10. The van der Waals surface area contributed by atoms with Gasteiger partial charge in [-0.2, -0.15) is 10.2 Å². The summed E-state index contributed by atoms with van der Waals surface area (Å²) in [4.78, 5) is 2.50. The first-order chi connectivity index (χ1) is 10.8. The standard InChI is InChI=1S/C16H25N5O/c1-2-20-13-14(11-18-20)12-19-7-4-15(5-8-19)16-3-6-17-21(16)9-10-22/h3,6,11,13,15,22H,2,4-5,7-10,12H2,1H3. The minimum atomic E-state index is 0.148. The van der Waals surface area contributed by atoms with Gasteiger partial charge >= 0.3 is 0 Å². The second-order valence-electron chi connectivity index (χ2n) is 5.96. The van der Waals surface area contributed by atoms with Gasteiger partial charge in [-0.1, -0.05) is 0 Å². The lowest BCUT2D eigenvalue weighted by atomic mass is 9.93. The first-order valence-corrected chi connectivity index (χ1v) is 8.16. The van der Waals surface area contributed by atoms with E-state index in [4.69, 9.17) is 5.11 Å². The summed E-state index contributed by atoms with van der Waals surface area (Å²) in [5.41, 5.74) is 2.57. The molecule has 2 aromatic rings. The molecule has 2 aromatic heterocycles. The zero-order valence-corrected chi connectivity index (χ0v) is 13.2. The topological polar surface area (TPSA) is 59.1 Å². The molecule has 1 saturated heterocycles. The largest absolute Gasteiger partial charge is 0.394 e. The van der Waals surface area contributed by atoms with E-state index in [1.54, 1.807) is 0 Å². The summed E-state index contributed by atoms with van der Waals surface area (Å²) in [7, 11) is 0. The molecule has 120 valence electrons. The Hall–Kier alpha value is -1.66. The molecule has 0 radical (unpaired) electrons. The summed E-state index contributed by atoms with van der Waals surface area (Å²) in [5, 5.41) is 17.8. The monoisotopic (exact) mass is 303 g/mol. The van der Waals surface area contributed by atoms with Crippen LogP contribution < -0.4 is 0 Å². The Morgan fingerprint density at radius 3 is 2.77 bits per heavy atom. The zero-order valence-electron chi connectivity index (χ0n) is 13.2. The van der Waals surface area contributed by atoms with E-state index < -0.39 is 0 Å². The maximum absolute atomic E-state index is 9.11. The van der Waals surface area contributed by atoms with Crippen molar-refractivity contribution >= 4 is 0 Å². The summed E-state index contributed by atoms with van der Waals surface area (Å²) >= 11 is 0. The van der Waals surface area contributed by atoms with Gasteiger partial charge in [-0.25, -0.2) is 0 Å². The smallest absolute Gasteiger partial charge is 0.0644 e. The number of hydrogen-bond acceptors (Lipinski definition) is 4. The molecule has 1 N–H and O–H groups in total. The molecule has 6 nitrogen and oxygen atoms in total. The molecule has 6 heteroatoms. The molecular weight excluding hydrogens is 278 g/mol. The predicted molar refractivity (Wildman–Crippen MR) is 84.5 cm³/mol. The molecule has 22 heavy (non-hydrogen) atoms. The quantitative estimate of drug-likeness (QED) is 0.878. The summed E-state index contributed by atoms with van der Waals surface area (Å²) in [6.45, 7) is 6.98. The molecule has 3 rings (SSSR count). The van der Waals surface area contributed by atoms with Crippen molar-refractivity contribution in [3.8, 4) is 0 Å². The van der Waals surface area contributed by atoms with Crippen molar-refractivity contribution < 1.29 is 5.11 Å². The molecule has 0 atom stereocenters. The second kappa shape index (κ2) is 7.07. The van der Waals surface area contributed by atoms with Gasteiger partial charge in [0.25, 0.3) is 0 Å². The summed E-state index contributed by atoms with van der Waals surface area (Å²) in [5.74, 6) is 0.559. The lowest BCUT2D eigenvalue weighted by Crippen LogP contribution is -2.33. The number of aryl methyl sites for hydroxylation is 1. The van der Waals surface area contributed by atoms with Crippen LogP contribution in [0.5, 0.6) is 0 Å².